The molecular formula is C14H15ClN2. The molecule has 3 heteroatoms. The van der Waals surface area contributed by atoms with Crippen LogP contribution in [0.4, 0.5) is 5.82 Å². The Bertz CT molecular complexity index is 597. The van der Waals surface area contributed by atoms with Crippen LogP contribution in [-0.2, 0) is 0 Å². The van der Waals surface area contributed by atoms with Gasteiger partial charge in [0.2, 0.25) is 0 Å². The molecule has 0 amide bonds. The van der Waals surface area contributed by atoms with E-state index in [1.54, 1.807) is 0 Å². The van der Waals surface area contributed by atoms with Gasteiger partial charge in [0.05, 0.1) is 5.35 Å². The van der Waals surface area contributed by atoms with E-state index < -0.39 is 0 Å². The van der Waals surface area contributed by atoms with E-state index in [1.165, 1.54) is 0 Å². The minimum absolute atomic E-state index is 0.740. The largest absolute Gasteiger partial charge is 0.347 e. The molecule has 0 aliphatic heterocycles. The van der Waals surface area contributed by atoms with Gasteiger partial charge in [-0.1, -0.05) is 35.9 Å². The normalized spacial score (nSPS) is 14.4. The Morgan fingerprint density at radius 2 is 2.29 bits per heavy atom. The van der Waals surface area contributed by atoms with Gasteiger partial charge in [-0.05, 0) is 31.7 Å². The first-order valence-corrected chi connectivity index (χ1v) is 6.01. The van der Waals surface area contributed by atoms with Crippen LogP contribution in [-0.4, -0.2) is 4.98 Å². The van der Waals surface area contributed by atoms with Crippen LogP contribution in [0.1, 0.15) is 18.9 Å². The lowest BCUT2D eigenvalue weighted by Crippen LogP contribution is -2.30. The summed E-state index contributed by atoms with van der Waals surface area (Å²) in [6, 6.07) is 2.10. The number of aromatic nitrogens is 1. The summed E-state index contributed by atoms with van der Waals surface area (Å²) in [5.41, 5.74) is 1.11. The molecule has 88 valence electrons. The van der Waals surface area contributed by atoms with Gasteiger partial charge in [0.15, 0.2) is 0 Å². The molecule has 0 fully saturated rings. The number of anilines is 1. The Hall–Kier alpha value is -1.54. The molecule has 0 saturated carbocycles. The van der Waals surface area contributed by atoms with Crippen LogP contribution in [0.5, 0.6) is 0 Å². The SMILES string of the molecule is C/C=C/Nc1nc2c(cc1C)=CC=CCC=2Cl. The van der Waals surface area contributed by atoms with Crippen LogP contribution in [0.15, 0.2) is 30.5 Å². The van der Waals surface area contributed by atoms with Gasteiger partial charge in [0.25, 0.3) is 0 Å². The zero-order chi connectivity index (χ0) is 12.3. The van der Waals surface area contributed by atoms with Gasteiger partial charge in [-0.15, -0.1) is 0 Å². The molecule has 1 aromatic rings. The number of fused-ring (bicyclic) bond motifs is 1. The lowest BCUT2D eigenvalue weighted by atomic mass is 10.2. The molecule has 1 aliphatic carbocycles. The van der Waals surface area contributed by atoms with E-state index in [0.29, 0.717) is 0 Å². The average Bonchev–Trinajstić information content (AvgIpc) is 2.49. The van der Waals surface area contributed by atoms with Crippen LogP contribution in [0, 0.1) is 6.92 Å². The predicted octanol–water partition coefficient (Wildman–Crippen LogP) is 2.42. The highest BCUT2D eigenvalue weighted by Gasteiger charge is 2.03. The monoisotopic (exact) mass is 246 g/mol. The standard InChI is InChI=1S/C14H15ClN2/c1-3-8-16-14-10(2)9-11-6-4-5-7-12(15)13(11)17-14/h3-6,8-9H,7H2,1-2H3,(H,16,17)/b8-3+. The van der Waals surface area contributed by atoms with E-state index in [1.807, 2.05) is 44.4 Å². The molecule has 17 heavy (non-hydrogen) atoms. The number of rotatable bonds is 2. The molecule has 2 nitrogen and oxygen atoms in total. The third-order valence-electron chi connectivity index (χ3n) is 2.60. The van der Waals surface area contributed by atoms with Gasteiger partial charge in [0.1, 0.15) is 5.82 Å². The Morgan fingerprint density at radius 1 is 1.47 bits per heavy atom. The molecule has 1 aliphatic rings. The summed E-state index contributed by atoms with van der Waals surface area (Å²) in [7, 11) is 0. The average molecular weight is 247 g/mol. The van der Waals surface area contributed by atoms with Crippen LogP contribution in [0.25, 0.3) is 11.1 Å². The van der Waals surface area contributed by atoms with Crippen molar-refractivity contribution in [3.8, 4) is 0 Å². The number of aryl methyl sites for hydroxylation is 1. The maximum atomic E-state index is 6.25. The van der Waals surface area contributed by atoms with Crippen molar-refractivity contribution in [2.45, 2.75) is 20.3 Å². The predicted molar refractivity (Wildman–Crippen MR) is 74.1 cm³/mol. The zero-order valence-electron chi connectivity index (χ0n) is 10.00. The summed E-state index contributed by atoms with van der Waals surface area (Å²) in [4.78, 5) is 4.59. The fourth-order valence-electron chi connectivity index (χ4n) is 1.73. The molecule has 0 bridgehead atoms. The smallest absolute Gasteiger partial charge is 0.133 e. The summed E-state index contributed by atoms with van der Waals surface area (Å²) in [6.07, 6.45) is 10.7. The molecule has 0 unspecified atom stereocenters. The molecule has 1 aromatic heterocycles. The van der Waals surface area contributed by atoms with Crippen LogP contribution >= 0.6 is 11.6 Å². The Labute approximate surface area is 106 Å². The lowest BCUT2D eigenvalue weighted by molar-refractivity contribution is 1.17. The molecule has 1 N–H and O–H groups in total. The quantitative estimate of drug-likeness (QED) is 0.867. The van der Waals surface area contributed by atoms with Crippen molar-refractivity contribution in [1.82, 2.24) is 4.98 Å². The number of nitrogens with zero attached hydrogens (tertiary/aromatic N) is 1. The van der Waals surface area contributed by atoms with E-state index in [4.69, 9.17) is 11.6 Å². The zero-order valence-corrected chi connectivity index (χ0v) is 10.8. The van der Waals surface area contributed by atoms with E-state index >= 15 is 0 Å². The molecule has 2 rings (SSSR count). The fourth-order valence-corrected chi connectivity index (χ4v) is 1.97. The Morgan fingerprint density at radius 3 is 3.06 bits per heavy atom. The number of nitrogens with one attached hydrogen (secondary N) is 1. The van der Waals surface area contributed by atoms with Crippen molar-refractivity contribution >= 4 is 28.5 Å². The summed E-state index contributed by atoms with van der Waals surface area (Å²) >= 11 is 6.25. The lowest BCUT2D eigenvalue weighted by Gasteiger charge is -2.05. The molecule has 0 spiro atoms. The van der Waals surface area contributed by atoms with Crippen molar-refractivity contribution in [1.29, 1.82) is 0 Å². The van der Waals surface area contributed by atoms with Gasteiger partial charge in [0, 0.05) is 16.7 Å². The van der Waals surface area contributed by atoms with Crippen molar-refractivity contribution in [2.75, 3.05) is 5.32 Å². The highest BCUT2D eigenvalue weighted by molar-refractivity contribution is 6.45. The first-order chi connectivity index (χ1) is 8.22. The van der Waals surface area contributed by atoms with Gasteiger partial charge in [-0.2, -0.15) is 0 Å². The van der Waals surface area contributed by atoms with Gasteiger partial charge in [-0.3, -0.25) is 0 Å². The third-order valence-corrected chi connectivity index (χ3v) is 2.93. The number of hydrogen-bond acceptors (Lipinski definition) is 2. The Kier molecular flexibility index (Phi) is 3.64. The summed E-state index contributed by atoms with van der Waals surface area (Å²) in [6.45, 7) is 4.00. The number of hydrogen-bond donors (Lipinski definition) is 1. The third kappa shape index (κ3) is 2.59. The van der Waals surface area contributed by atoms with Gasteiger partial charge < -0.3 is 5.32 Å². The van der Waals surface area contributed by atoms with E-state index in [2.05, 4.69) is 16.4 Å². The van der Waals surface area contributed by atoms with Gasteiger partial charge in [-0.25, -0.2) is 4.98 Å². The molecule has 1 heterocycles. The second kappa shape index (κ2) is 5.19. The summed E-state index contributed by atoms with van der Waals surface area (Å²) in [5.74, 6) is 0.857. The summed E-state index contributed by atoms with van der Waals surface area (Å²) < 4.78 is 0. The maximum Gasteiger partial charge on any atom is 0.133 e. The molecule has 0 radical (unpaired) electrons. The minimum Gasteiger partial charge on any atom is -0.347 e. The first-order valence-electron chi connectivity index (χ1n) is 5.63. The highest BCUT2D eigenvalue weighted by atomic mass is 35.5. The minimum atomic E-state index is 0.740. The molecule has 0 aromatic carbocycles. The second-order valence-electron chi connectivity index (χ2n) is 3.94. The van der Waals surface area contributed by atoms with Crippen molar-refractivity contribution in [2.24, 2.45) is 0 Å². The molecule has 0 atom stereocenters. The highest BCUT2D eigenvalue weighted by Crippen LogP contribution is 2.10. The summed E-state index contributed by atoms with van der Waals surface area (Å²) in [5, 5.41) is 5.89. The van der Waals surface area contributed by atoms with E-state index in [0.717, 1.165) is 33.4 Å². The topological polar surface area (TPSA) is 24.9 Å². The maximum absolute atomic E-state index is 6.25. The number of pyridine rings is 1. The van der Waals surface area contributed by atoms with E-state index in [-0.39, 0.29) is 0 Å². The van der Waals surface area contributed by atoms with Crippen molar-refractivity contribution < 1.29 is 0 Å². The fraction of sp³-hybridized carbons (Fsp3) is 0.214. The van der Waals surface area contributed by atoms with Gasteiger partial charge >= 0.3 is 0 Å². The van der Waals surface area contributed by atoms with Crippen LogP contribution in [0.2, 0.25) is 0 Å². The van der Waals surface area contributed by atoms with Crippen LogP contribution < -0.4 is 15.9 Å². The molecular weight excluding hydrogens is 232 g/mol. The Balaban J connectivity index is 2.64. The number of halogens is 1. The number of allylic oxidation sites excluding steroid dienone is 3. The van der Waals surface area contributed by atoms with Crippen LogP contribution in [0.3, 0.4) is 0 Å². The van der Waals surface area contributed by atoms with E-state index in [9.17, 15) is 0 Å². The molecule has 0 saturated heterocycles. The second-order valence-corrected chi connectivity index (χ2v) is 4.40. The van der Waals surface area contributed by atoms with Crippen molar-refractivity contribution in [3.63, 3.8) is 0 Å². The van der Waals surface area contributed by atoms with Crippen molar-refractivity contribution in [3.05, 3.63) is 46.6 Å². The first kappa shape index (κ1) is 11.9.